The molecule has 10 heavy (non-hydrogen) atoms. The van der Waals surface area contributed by atoms with Crippen LogP contribution in [0.2, 0.25) is 0 Å². The van der Waals surface area contributed by atoms with Crippen molar-refractivity contribution in [2.45, 2.75) is 18.6 Å². The first-order valence-corrected chi connectivity index (χ1v) is 3.63. The van der Waals surface area contributed by atoms with Gasteiger partial charge in [0.2, 0.25) is 0 Å². The number of aliphatic hydroxyl groups excluding tert-OH is 1. The predicted octanol–water partition coefficient (Wildman–Crippen LogP) is 0.230. The molecular formula is C6H12O3S. The van der Waals surface area contributed by atoms with Crippen molar-refractivity contribution >= 4 is 18.6 Å². The van der Waals surface area contributed by atoms with Gasteiger partial charge in [-0.25, -0.2) is 0 Å². The maximum atomic E-state index is 10.6. The first kappa shape index (κ1) is 9.78. The second-order valence-corrected chi connectivity index (χ2v) is 2.88. The molecule has 0 aromatic rings. The first-order valence-electron chi connectivity index (χ1n) is 3.11. The molecule has 0 spiro atoms. The van der Waals surface area contributed by atoms with Crippen molar-refractivity contribution in [2.24, 2.45) is 0 Å². The molecule has 0 radical (unpaired) electrons. The van der Waals surface area contributed by atoms with Crippen molar-refractivity contribution in [1.29, 1.82) is 0 Å². The van der Waals surface area contributed by atoms with E-state index in [2.05, 4.69) is 17.4 Å². The molecular weight excluding hydrogens is 152 g/mol. The van der Waals surface area contributed by atoms with Crippen LogP contribution in [0, 0.1) is 0 Å². The van der Waals surface area contributed by atoms with Gasteiger partial charge < -0.3 is 9.84 Å². The zero-order valence-corrected chi connectivity index (χ0v) is 6.80. The van der Waals surface area contributed by atoms with Crippen LogP contribution in [0.25, 0.3) is 0 Å². The Labute approximate surface area is 65.8 Å². The van der Waals surface area contributed by atoms with E-state index in [1.807, 2.05) is 6.92 Å². The standard InChI is InChI=1S/C6H12O3S/c1-5(10)4-6(8)9-3-2-7/h5,7,10H,2-4H2,1H3. The summed E-state index contributed by atoms with van der Waals surface area (Å²) in [6.45, 7) is 1.77. The molecule has 0 saturated heterocycles. The van der Waals surface area contributed by atoms with Gasteiger partial charge in [0.1, 0.15) is 6.61 Å². The lowest BCUT2D eigenvalue weighted by atomic mass is 10.3. The van der Waals surface area contributed by atoms with Crippen molar-refractivity contribution in [1.82, 2.24) is 0 Å². The van der Waals surface area contributed by atoms with E-state index in [-0.39, 0.29) is 24.4 Å². The number of hydrogen-bond acceptors (Lipinski definition) is 4. The summed E-state index contributed by atoms with van der Waals surface area (Å²) in [6, 6.07) is 0. The average molecular weight is 164 g/mol. The van der Waals surface area contributed by atoms with Crippen LogP contribution in [0.15, 0.2) is 0 Å². The van der Waals surface area contributed by atoms with Gasteiger partial charge in [-0.2, -0.15) is 12.6 Å². The van der Waals surface area contributed by atoms with Crippen LogP contribution in [0.5, 0.6) is 0 Å². The Morgan fingerprint density at radius 1 is 1.80 bits per heavy atom. The minimum absolute atomic E-state index is 0.0196. The minimum atomic E-state index is -0.309. The highest BCUT2D eigenvalue weighted by atomic mass is 32.1. The van der Waals surface area contributed by atoms with Crippen LogP contribution in [-0.4, -0.2) is 29.5 Å². The topological polar surface area (TPSA) is 46.5 Å². The van der Waals surface area contributed by atoms with Gasteiger partial charge in [0.05, 0.1) is 13.0 Å². The molecule has 0 aliphatic heterocycles. The van der Waals surface area contributed by atoms with Crippen molar-refractivity contribution < 1.29 is 14.6 Å². The highest BCUT2D eigenvalue weighted by Crippen LogP contribution is 1.99. The Morgan fingerprint density at radius 2 is 2.40 bits per heavy atom. The maximum absolute atomic E-state index is 10.6. The number of thiol groups is 1. The predicted molar refractivity (Wildman–Crippen MR) is 41.1 cm³/mol. The van der Waals surface area contributed by atoms with E-state index in [1.54, 1.807) is 0 Å². The quantitative estimate of drug-likeness (QED) is 0.462. The Hall–Kier alpha value is -0.220. The van der Waals surface area contributed by atoms with E-state index in [1.165, 1.54) is 0 Å². The van der Waals surface area contributed by atoms with Gasteiger partial charge >= 0.3 is 5.97 Å². The minimum Gasteiger partial charge on any atom is -0.463 e. The molecule has 0 amide bonds. The van der Waals surface area contributed by atoms with Crippen molar-refractivity contribution in [3.8, 4) is 0 Å². The SMILES string of the molecule is CC(S)CC(=O)OCCO. The number of carbonyl (C=O) groups is 1. The largest absolute Gasteiger partial charge is 0.463 e. The summed E-state index contributed by atoms with van der Waals surface area (Å²) in [5.41, 5.74) is 0. The molecule has 1 unspecified atom stereocenters. The van der Waals surface area contributed by atoms with Gasteiger partial charge in [0.25, 0.3) is 0 Å². The second kappa shape index (κ2) is 5.56. The number of aliphatic hydroxyl groups is 1. The van der Waals surface area contributed by atoms with E-state index in [0.717, 1.165) is 0 Å². The number of hydrogen-bond donors (Lipinski definition) is 2. The zero-order valence-electron chi connectivity index (χ0n) is 5.91. The maximum Gasteiger partial charge on any atom is 0.306 e. The lowest BCUT2D eigenvalue weighted by molar-refractivity contribution is -0.144. The number of rotatable bonds is 4. The molecule has 0 aromatic heterocycles. The molecule has 0 aliphatic carbocycles. The summed E-state index contributed by atoms with van der Waals surface area (Å²) < 4.78 is 4.56. The highest BCUT2D eigenvalue weighted by Gasteiger charge is 2.04. The normalized spacial score (nSPS) is 12.7. The van der Waals surface area contributed by atoms with Gasteiger partial charge in [-0.1, -0.05) is 6.92 Å². The molecule has 3 nitrogen and oxygen atoms in total. The van der Waals surface area contributed by atoms with Crippen LogP contribution >= 0.6 is 12.6 Å². The van der Waals surface area contributed by atoms with Crippen LogP contribution in [0.3, 0.4) is 0 Å². The van der Waals surface area contributed by atoms with E-state index >= 15 is 0 Å². The van der Waals surface area contributed by atoms with Gasteiger partial charge in [-0.15, -0.1) is 0 Å². The molecule has 0 rings (SSSR count). The van der Waals surface area contributed by atoms with E-state index in [9.17, 15) is 4.79 Å². The monoisotopic (exact) mass is 164 g/mol. The van der Waals surface area contributed by atoms with Gasteiger partial charge in [-0.3, -0.25) is 4.79 Å². The molecule has 0 saturated carbocycles. The third-order valence-electron chi connectivity index (χ3n) is 0.816. The smallest absolute Gasteiger partial charge is 0.306 e. The Morgan fingerprint density at radius 3 is 2.80 bits per heavy atom. The molecule has 0 heterocycles. The molecule has 0 aliphatic rings. The summed E-state index contributed by atoms with van der Waals surface area (Å²) >= 11 is 4.00. The lowest BCUT2D eigenvalue weighted by Crippen LogP contribution is -2.11. The number of esters is 1. The molecule has 0 fully saturated rings. The summed E-state index contributed by atoms with van der Waals surface area (Å²) in [7, 11) is 0. The van der Waals surface area contributed by atoms with Crippen molar-refractivity contribution in [3.05, 3.63) is 0 Å². The van der Waals surface area contributed by atoms with Crippen LogP contribution in [0.4, 0.5) is 0 Å². The summed E-state index contributed by atoms with van der Waals surface area (Å²) in [5.74, 6) is -0.309. The Balaban J connectivity index is 3.26. The van der Waals surface area contributed by atoms with Gasteiger partial charge in [-0.05, 0) is 0 Å². The van der Waals surface area contributed by atoms with Gasteiger partial charge in [0.15, 0.2) is 0 Å². The van der Waals surface area contributed by atoms with Crippen LogP contribution in [-0.2, 0) is 9.53 Å². The number of ether oxygens (including phenoxy) is 1. The molecule has 0 bridgehead atoms. The highest BCUT2D eigenvalue weighted by molar-refractivity contribution is 7.80. The Bertz CT molecular complexity index is 103. The van der Waals surface area contributed by atoms with E-state index in [4.69, 9.17) is 5.11 Å². The Kier molecular flexibility index (Phi) is 5.43. The molecule has 4 heteroatoms. The fourth-order valence-corrected chi connectivity index (χ4v) is 0.609. The molecule has 1 N–H and O–H groups in total. The third kappa shape index (κ3) is 5.91. The molecule has 60 valence electrons. The molecule has 1 atom stereocenters. The van der Waals surface area contributed by atoms with E-state index in [0.29, 0.717) is 6.42 Å². The fraction of sp³-hybridized carbons (Fsp3) is 0.833. The number of carbonyl (C=O) groups excluding carboxylic acids is 1. The molecule has 0 aromatic carbocycles. The summed E-state index contributed by atoms with van der Waals surface area (Å²) in [4.78, 5) is 10.6. The van der Waals surface area contributed by atoms with Crippen molar-refractivity contribution in [2.75, 3.05) is 13.2 Å². The van der Waals surface area contributed by atoms with Crippen LogP contribution < -0.4 is 0 Å². The average Bonchev–Trinajstić information content (AvgIpc) is 1.82. The van der Waals surface area contributed by atoms with Gasteiger partial charge in [0, 0.05) is 5.25 Å². The van der Waals surface area contributed by atoms with E-state index < -0.39 is 0 Å². The zero-order chi connectivity index (χ0) is 7.98. The summed E-state index contributed by atoms with van der Waals surface area (Å²) in [6.07, 6.45) is 0.295. The lowest BCUT2D eigenvalue weighted by Gasteiger charge is -2.03. The van der Waals surface area contributed by atoms with Crippen molar-refractivity contribution in [3.63, 3.8) is 0 Å². The van der Waals surface area contributed by atoms with Crippen LogP contribution in [0.1, 0.15) is 13.3 Å². The first-order chi connectivity index (χ1) is 4.66. The third-order valence-corrected chi connectivity index (χ3v) is 0.999. The fourth-order valence-electron chi connectivity index (χ4n) is 0.460. The summed E-state index contributed by atoms with van der Waals surface area (Å²) in [5, 5.41) is 8.27. The second-order valence-electron chi connectivity index (χ2n) is 2.00.